The van der Waals surface area contributed by atoms with Crippen LogP contribution in [0.4, 0.5) is 4.39 Å². The Morgan fingerprint density at radius 2 is 1.89 bits per heavy atom. The van der Waals surface area contributed by atoms with Crippen molar-refractivity contribution in [2.75, 3.05) is 7.05 Å². The minimum Gasteiger partial charge on any atom is -0.359 e. The van der Waals surface area contributed by atoms with E-state index in [0.717, 1.165) is 18.4 Å². The van der Waals surface area contributed by atoms with E-state index in [9.17, 15) is 14.0 Å². The number of nitrogens with one attached hydrogen (secondary N) is 1. The van der Waals surface area contributed by atoms with Crippen molar-refractivity contribution < 1.29 is 14.0 Å². The first-order valence-electron chi connectivity index (χ1n) is 9.82. The summed E-state index contributed by atoms with van der Waals surface area (Å²) < 4.78 is 14.6. The molecule has 2 aliphatic heterocycles. The third kappa shape index (κ3) is 2.81. The van der Waals surface area contributed by atoms with E-state index in [1.807, 2.05) is 30.3 Å². The maximum absolute atomic E-state index is 14.6. The highest BCUT2D eigenvalue weighted by atomic mass is 19.1. The molecular formula is C23H25FN2O2. The number of hydrogen-bond donors (Lipinski definition) is 1. The van der Waals surface area contributed by atoms with Gasteiger partial charge in [0.05, 0.1) is 11.0 Å². The first kappa shape index (κ1) is 18.7. The molecule has 0 unspecified atom stereocenters. The summed E-state index contributed by atoms with van der Waals surface area (Å²) in [5, 5.41) is 2.82. The molecule has 0 aromatic heterocycles. The zero-order valence-corrected chi connectivity index (χ0v) is 16.2. The molecule has 0 saturated carbocycles. The lowest BCUT2D eigenvalue weighted by Crippen LogP contribution is -2.50. The molecule has 2 aliphatic rings. The van der Waals surface area contributed by atoms with Crippen molar-refractivity contribution in [3.63, 3.8) is 0 Å². The predicted molar refractivity (Wildman–Crippen MR) is 105 cm³/mol. The van der Waals surface area contributed by atoms with Gasteiger partial charge in [-0.1, -0.05) is 42.5 Å². The molecule has 3 atom stereocenters. The molecule has 2 fully saturated rings. The lowest BCUT2D eigenvalue weighted by atomic mass is 9.69. The fourth-order valence-electron chi connectivity index (χ4n) is 5.16. The van der Waals surface area contributed by atoms with Gasteiger partial charge in [-0.15, -0.1) is 0 Å². The Balaban J connectivity index is 1.71. The highest BCUT2D eigenvalue weighted by Crippen LogP contribution is 2.52. The second kappa shape index (κ2) is 7.04. The van der Waals surface area contributed by atoms with Gasteiger partial charge in [0.1, 0.15) is 5.82 Å². The van der Waals surface area contributed by atoms with Gasteiger partial charge in [0.25, 0.3) is 5.91 Å². The maximum atomic E-state index is 14.6. The van der Waals surface area contributed by atoms with Gasteiger partial charge in [-0.2, -0.15) is 0 Å². The third-order valence-electron chi connectivity index (χ3n) is 6.44. The minimum absolute atomic E-state index is 0.0292. The van der Waals surface area contributed by atoms with Crippen LogP contribution in [0.5, 0.6) is 0 Å². The summed E-state index contributed by atoms with van der Waals surface area (Å²) in [7, 11) is 1.65. The number of aryl methyl sites for hydroxylation is 1. The van der Waals surface area contributed by atoms with Gasteiger partial charge in [-0.25, -0.2) is 4.39 Å². The summed E-state index contributed by atoms with van der Waals surface area (Å²) in [5.41, 5.74) is 0.964. The maximum Gasteiger partial charge on any atom is 0.257 e. The highest BCUT2D eigenvalue weighted by molar-refractivity contribution is 5.97. The molecule has 28 heavy (non-hydrogen) atoms. The van der Waals surface area contributed by atoms with Gasteiger partial charge in [-0.05, 0) is 49.8 Å². The van der Waals surface area contributed by atoms with Crippen molar-refractivity contribution >= 4 is 11.8 Å². The first-order chi connectivity index (χ1) is 13.5. The van der Waals surface area contributed by atoms with Gasteiger partial charge >= 0.3 is 0 Å². The number of halogens is 1. The second-order valence-corrected chi connectivity index (χ2v) is 8.00. The van der Waals surface area contributed by atoms with Crippen molar-refractivity contribution in [1.29, 1.82) is 0 Å². The number of nitrogens with zero attached hydrogens (tertiary/aromatic N) is 1. The zero-order valence-electron chi connectivity index (χ0n) is 16.2. The van der Waals surface area contributed by atoms with E-state index in [2.05, 4.69) is 5.32 Å². The molecule has 2 aromatic carbocycles. The molecule has 2 amide bonds. The van der Waals surface area contributed by atoms with Crippen molar-refractivity contribution in [3.05, 3.63) is 71.0 Å². The molecule has 146 valence electrons. The fourth-order valence-corrected chi connectivity index (χ4v) is 5.16. The van der Waals surface area contributed by atoms with E-state index in [1.165, 1.54) is 0 Å². The van der Waals surface area contributed by atoms with Crippen LogP contribution in [0.3, 0.4) is 0 Å². The monoisotopic (exact) mass is 380 g/mol. The summed E-state index contributed by atoms with van der Waals surface area (Å²) in [6.07, 6.45) is 2.82. The van der Waals surface area contributed by atoms with E-state index >= 15 is 0 Å². The Labute approximate surface area is 164 Å². The van der Waals surface area contributed by atoms with Crippen LogP contribution in [0.25, 0.3) is 0 Å². The highest BCUT2D eigenvalue weighted by Gasteiger charge is 2.61. The number of rotatable bonds is 4. The zero-order chi connectivity index (χ0) is 19.9. The fraction of sp³-hybridized carbons (Fsp3) is 0.391. The van der Waals surface area contributed by atoms with Crippen molar-refractivity contribution in [1.82, 2.24) is 10.2 Å². The second-order valence-electron chi connectivity index (χ2n) is 8.00. The molecule has 0 radical (unpaired) electrons. The molecule has 4 rings (SSSR count). The number of fused-ring (bicyclic) bond motifs is 2. The van der Waals surface area contributed by atoms with Crippen LogP contribution in [0.15, 0.2) is 48.5 Å². The van der Waals surface area contributed by atoms with Crippen molar-refractivity contribution in [2.24, 2.45) is 5.41 Å². The average molecular weight is 380 g/mol. The average Bonchev–Trinajstić information content (AvgIpc) is 3.26. The number of hydrogen-bond acceptors (Lipinski definition) is 2. The van der Waals surface area contributed by atoms with Crippen LogP contribution in [0.1, 0.15) is 40.7 Å². The van der Waals surface area contributed by atoms with E-state index in [-0.39, 0.29) is 29.5 Å². The van der Waals surface area contributed by atoms with Crippen LogP contribution < -0.4 is 5.32 Å². The lowest BCUT2D eigenvalue weighted by molar-refractivity contribution is -0.132. The quantitative estimate of drug-likeness (QED) is 0.883. The summed E-state index contributed by atoms with van der Waals surface area (Å²) in [6.45, 7) is 1.66. The van der Waals surface area contributed by atoms with Crippen LogP contribution in [-0.2, 0) is 11.2 Å². The van der Waals surface area contributed by atoms with E-state index in [0.29, 0.717) is 18.4 Å². The topological polar surface area (TPSA) is 49.4 Å². The smallest absolute Gasteiger partial charge is 0.257 e. The SMILES string of the molecule is CNC(=O)[C@]1(Cc2ccccc2)C[C@@H]2CC[C@H]1N2C(=O)c1cccc(C)c1F. The molecular weight excluding hydrogens is 355 g/mol. The van der Waals surface area contributed by atoms with Gasteiger partial charge in [0.2, 0.25) is 5.91 Å². The van der Waals surface area contributed by atoms with Gasteiger partial charge in [-0.3, -0.25) is 9.59 Å². The minimum atomic E-state index is -0.672. The van der Waals surface area contributed by atoms with Crippen molar-refractivity contribution in [2.45, 2.75) is 44.7 Å². The number of carbonyl (C=O) groups is 2. The Kier molecular flexibility index (Phi) is 4.69. The Hall–Kier alpha value is -2.69. The van der Waals surface area contributed by atoms with Crippen LogP contribution in [0.2, 0.25) is 0 Å². The molecule has 0 spiro atoms. The van der Waals surface area contributed by atoms with E-state index < -0.39 is 11.2 Å². The normalized spacial score (nSPS) is 25.8. The number of benzene rings is 2. The summed E-state index contributed by atoms with van der Waals surface area (Å²) in [5.74, 6) is -0.800. The Bertz CT molecular complexity index is 914. The first-order valence-corrected chi connectivity index (χ1v) is 9.82. The van der Waals surface area contributed by atoms with Gasteiger partial charge in [0, 0.05) is 19.1 Å². The van der Waals surface area contributed by atoms with Crippen LogP contribution in [0, 0.1) is 18.2 Å². The molecule has 1 N–H and O–H groups in total. The molecule has 0 aliphatic carbocycles. The molecule has 2 aromatic rings. The summed E-state index contributed by atoms with van der Waals surface area (Å²) in [4.78, 5) is 28.1. The molecule has 2 saturated heterocycles. The van der Waals surface area contributed by atoms with Crippen LogP contribution in [-0.4, -0.2) is 35.8 Å². The third-order valence-corrected chi connectivity index (χ3v) is 6.44. The molecule has 4 nitrogen and oxygen atoms in total. The largest absolute Gasteiger partial charge is 0.359 e. The summed E-state index contributed by atoms with van der Waals surface area (Å²) in [6, 6.07) is 14.6. The lowest BCUT2D eigenvalue weighted by Gasteiger charge is -2.36. The molecule has 2 heterocycles. The number of amides is 2. The number of carbonyl (C=O) groups excluding carboxylic acids is 2. The predicted octanol–water partition coefficient (Wildman–Crippen LogP) is 3.49. The van der Waals surface area contributed by atoms with Crippen molar-refractivity contribution in [3.8, 4) is 0 Å². The summed E-state index contributed by atoms with van der Waals surface area (Å²) >= 11 is 0. The van der Waals surface area contributed by atoms with Gasteiger partial charge in [0.15, 0.2) is 0 Å². The standard InChI is InChI=1S/C23H25FN2O2/c1-15-7-6-10-18(20(15)24)21(27)26-17-11-12-19(26)23(14-17,22(28)25-2)13-16-8-4-3-5-9-16/h3-10,17,19H,11-14H2,1-2H3,(H,25,28)/t17-,19+,23+/m0/s1. The Morgan fingerprint density at radius 1 is 1.14 bits per heavy atom. The van der Waals surface area contributed by atoms with E-state index in [1.54, 1.807) is 37.1 Å². The van der Waals surface area contributed by atoms with Gasteiger partial charge < -0.3 is 10.2 Å². The van der Waals surface area contributed by atoms with Crippen LogP contribution >= 0.6 is 0 Å². The Morgan fingerprint density at radius 3 is 2.61 bits per heavy atom. The molecule has 2 bridgehead atoms. The molecule has 5 heteroatoms. The van der Waals surface area contributed by atoms with E-state index in [4.69, 9.17) is 0 Å².